The van der Waals surface area contributed by atoms with Crippen LogP contribution in [0.4, 0.5) is 0 Å². The van der Waals surface area contributed by atoms with Crippen molar-refractivity contribution in [2.24, 2.45) is 5.10 Å². The van der Waals surface area contributed by atoms with Crippen LogP contribution in [0.25, 0.3) is 0 Å². The van der Waals surface area contributed by atoms with Crippen molar-refractivity contribution in [2.75, 3.05) is 0 Å². The quantitative estimate of drug-likeness (QED) is 0.638. The molecule has 2 N–H and O–H groups in total. The smallest absolute Gasteiger partial charge is 0.271 e. The van der Waals surface area contributed by atoms with E-state index in [0.717, 1.165) is 4.47 Å². The van der Waals surface area contributed by atoms with Crippen LogP contribution in [0.15, 0.2) is 52.0 Å². The third-order valence-corrected chi connectivity index (χ3v) is 3.69. The summed E-state index contributed by atoms with van der Waals surface area (Å²) in [4.78, 5) is 12.0. The topological polar surface area (TPSA) is 61.7 Å². The number of amides is 1. The predicted molar refractivity (Wildman–Crippen MR) is 91.4 cm³/mol. The van der Waals surface area contributed by atoms with Gasteiger partial charge in [-0.1, -0.05) is 41.9 Å². The van der Waals surface area contributed by atoms with Crippen molar-refractivity contribution in [1.82, 2.24) is 5.43 Å². The van der Waals surface area contributed by atoms with E-state index < -0.39 is 0 Å². The number of hydrogen-bond donors (Lipinski definition) is 2. The number of phenols is 1. The molecule has 0 aliphatic heterocycles. The van der Waals surface area contributed by atoms with Gasteiger partial charge < -0.3 is 5.11 Å². The number of nitrogens with zero attached hydrogens (tertiary/aromatic N) is 1. The Morgan fingerprint density at radius 1 is 1.23 bits per heavy atom. The number of benzene rings is 2. The molecule has 0 unspecified atom stereocenters. The fourth-order valence-corrected chi connectivity index (χ4v) is 2.25. The van der Waals surface area contributed by atoms with Crippen LogP contribution in [0, 0.1) is 0 Å². The molecule has 114 valence electrons. The molecule has 0 aliphatic carbocycles. The molecular weight excluding hydrogens is 344 g/mol. The molecule has 0 atom stereocenters. The summed E-state index contributed by atoms with van der Waals surface area (Å²) >= 11 is 3.31. The maximum Gasteiger partial charge on any atom is 0.271 e. The molecule has 0 saturated heterocycles. The molecule has 0 bridgehead atoms. The van der Waals surface area contributed by atoms with Crippen LogP contribution in [0.2, 0.25) is 0 Å². The molecule has 0 saturated carbocycles. The Morgan fingerprint density at radius 2 is 1.91 bits per heavy atom. The average molecular weight is 361 g/mol. The molecule has 4 nitrogen and oxygen atoms in total. The molecule has 0 aliphatic rings. The molecule has 22 heavy (non-hydrogen) atoms. The number of hydrogen-bond acceptors (Lipinski definition) is 3. The van der Waals surface area contributed by atoms with Gasteiger partial charge in [0.25, 0.3) is 5.91 Å². The first-order chi connectivity index (χ1) is 10.5. The lowest BCUT2D eigenvalue weighted by molar-refractivity contribution is 0.0955. The van der Waals surface area contributed by atoms with Crippen molar-refractivity contribution < 1.29 is 9.90 Å². The highest BCUT2D eigenvalue weighted by atomic mass is 79.9. The van der Waals surface area contributed by atoms with Gasteiger partial charge in [-0.25, -0.2) is 5.43 Å². The van der Waals surface area contributed by atoms with E-state index in [1.807, 2.05) is 12.1 Å². The summed E-state index contributed by atoms with van der Waals surface area (Å²) in [5.41, 5.74) is 4.69. The molecule has 0 heterocycles. The van der Waals surface area contributed by atoms with Gasteiger partial charge in [0.15, 0.2) is 0 Å². The Bertz CT molecular complexity index is 694. The molecule has 5 heteroatoms. The third-order valence-electron chi connectivity index (χ3n) is 3.20. The van der Waals surface area contributed by atoms with Crippen LogP contribution < -0.4 is 5.43 Å². The van der Waals surface area contributed by atoms with Crippen molar-refractivity contribution in [2.45, 2.75) is 19.8 Å². The number of nitrogens with one attached hydrogen (secondary N) is 1. The Balaban J connectivity index is 2.03. The largest absolute Gasteiger partial charge is 0.507 e. The predicted octanol–water partition coefficient (Wildman–Crippen LogP) is 4.04. The van der Waals surface area contributed by atoms with Gasteiger partial charge in [-0.2, -0.15) is 5.10 Å². The fourth-order valence-electron chi connectivity index (χ4n) is 1.87. The second-order valence-corrected chi connectivity index (χ2v) is 6.09. The minimum Gasteiger partial charge on any atom is -0.507 e. The fraction of sp³-hybridized carbons (Fsp3) is 0.176. The van der Waals surface area contributed by atoms with Gasteiger partial charge in [-0.05, 0) is 41.8 Å². The van der Waals surface area contributed by atoms with Gasteiger partial charge in [0, 0.05) is 15.6 Å². The molecule has 0 radical (unpaired) electrons. The Morgan fingerprint density at radius 3 is 2.55 bits per heavy atom. The summed E-state index contributed by atoms with van der Waals surface area (Å²) in [6.45, 7) is 4.20. The minimum atomic E-state index is -0.291. The Labute approximate surface area is 138 Å². The summed E-state index contributed by atoms with van der Waals surface area (Å²) in [5, 5.41) is 13.5. The molecule has 2 rings (SSSR count). The van der Waals surface area contributed by atoms with Crippen LogP contribution in [-0.2, 0) is 0 Å². The second-order valence-electron chi connectivity index (χ2n) is 5.18. The van der Waals surface area contributed by atoms with E-state index in [1.165, 1.54) is 11.8 Å². The van der Waals surface area contributed by atoms with Crippen LogP contribution in [-0.4, -0.2) is 17.2 Å². The first-order valence-electron chi connectivity index (χ1n) is 6.89. The zero-order valence-corrected chi connectivity index (χ0v) is 14.0. The summed E-state index contributed by atoms with van der Waals surface area (Å²) < 4.78 is 0.822. The molecule has 0 aromatic heterocycles. The number of aromatic hydroxyl groups is 1. The van der Waals surface area contributed by atoms with E-state index in [4.69, 9.17) is 0 Å². The lowest BCUT2D eigenvalue weighted by Crippen LogP contribution is -2.17. The Kier molecular flexibility index (Phi) is 5.33. The van der Waals surface area contributed by atoms with E-state index in [0.29, 0.717) is 17.0 Å². The SMILES string of the molecule is CC(C)c1ccc(C(=O)N/N=C/c2cc(Br)ccc2O)cc1. The summed E-state index contributed by atoms with van der Waals surface area (Å²) in [7, 11) is 0. The maximum atomic E-state index is 12.0. The van der Waals surface area contributed by atoms with Gasteiger partial charge >= 0.3 is 0 Å². The average Bonchev–Trinajstić information content (AvgIpc) is 2.50. The zero-order chi connectivity index (χ0) is 16.1. The van der Waals surface area contributed by atoms with Crippen molar-refractivity contribution in [3.05, 3.63) is 63.6 Å². The normalized spacial score (nSPS) is 11.1. The first kappa shape index (κ1) is 16.2. The maximum absolute atomic E-state index is 12.0. The van der Waals surface area contributed by atoms with Crippen molar-refractivity contribution in [1.29, 1.82) is 0 Å². The lowest BCUT2D eigenvalue weighted by Gasteiger charge is -2.06. The van der Waals surface area contributed by atoms with Crippen LogP contribution in [0.5, 0.6) is 5.75 Å². The van der Waals surface area contributed by atoms with Crippen molar-refractivity contribution >= 4 is 28.1 Å². The highest BCUT2D eigenvalue weighted by Crippen LogP contribution is 2.20. The van der Waals surface area contributed by atoms with Crippen molar-refractivity contribution in [3.63, 3.8) is 0 Å². The second kappa shape index (κ2) is 7.22. The van der Waals surface area contributed by atoms with E-state index in [1.54, 1.807) is 30.3 Å². The van der Waals surface area contributed by atoms with Crippen molar-refractivity contribution in [3.8, 4) is 5.75 Å². The van der Waals surface area contributed by atoms with Gasteiger partial charge in [-0.15, -0.1) is 0 Å². The van der Waals surface area contributed by atoms with E-state index in [-0.39, 0.29) is 11.7 Å². The molecule has 1 amide bonds. The highest BCUT2D eigenvalue weighted by molar-refractivity contribution is 9.10. The molecular formula is C17H17BrN2O2. The summed E-state index contributed by atoms with van der Waals surface area (Å²) in [6, 6.07) is 12.4. The van der Waals surface area contributed by atoms with Gasteiger partial charge in [0.1, 0.15) is 5.75 Å². The Hall–Kier alpha value is -2.14. The van der Waals surface area contributed by atoms with Gasteiger partial charge in [0.2, 0.25) is 0 Å². The van der Waals surface area contributed by atoms with E-state index >= 15 is 0 Å². The van der Waals surface area contributed by atoms with Gasteiger partial charge in [0.05, 0.1) is 6.21 Å². The molecule has 2 aromatic rings. The van der Waals surface area contributed by atoms with Gasteiger partial charge in [-0.3, -0.25) is 4.79 Å². The van der Waals surface area contributed by atoms with E-state index in [2.05, 4.69) is 40.3 Å². The number of rotatable bonds is 4. The first-order valence-corrected chi connectivity index (χ1v) is 7.68. The molecule has 0 fully saturated rings. The number of phenolic OH excluding ortho intramolecular Hbond substituents is 1. The molecule has 0 spiro atoms. The zero-order valence-electron chi connectivity index (χ0n) is 12.4. The van der Waals surface area contributed by atoms with Crippen LogP contribution in [0.3, 0.4) is 0 Å². The summed E-state index contributed by atoms with van der Waals surface area (Å²) in [6.07, 6.45) is 1.40. The lowest BCUT2D eigenvalue weighted by atomic mass is 10.0. The van der Waals surface area contributed by atoms with Crippen LogP contribution >= 0.6 is 15.9 Å². The number of carbonyl (C=O) groups excluding carboxylic acids is 1. The standard InChI is InChI=1S/C17H17BrN2O2/c1-11(2)12-3-5-13(6-4-12)17(22)20-19-10-14-9-15(18)7-8-16(14)21/h3-11,21H,1-2H3,(H,20,22)/b19-10+. The third kappa shape index (κ3) is 4.18. The number of hydrazone groups is 1. The highest BCUT2D eigenvalue weighted by Gasteiger charge is 2.05. The molecule has 2 aromatic carbocycles. The number of carbonyl (C=O) groups is 1. The van der Waals surface area contributed by atoms with Crippen LogP contribution in [0.1, 0.15) is 41.3 Å². The monoisotopic (exact) mass is 360 g/mol. The number of halogens is 1. The van der Waals surface area contributed by atoms with E-state index in [9.17, 15) is 9.90 Å². The summed E-state index contributed by atoms with van der Waals surface area (Å²) in [5.74, 6) is 0.234. The minimum absolute atomic E-state index is 0.0995.